The van der Waals surface area contributed by atoms with Gasteiger partial charge in [0.1, 0.15) is 32.9 Å². The first kappa shape index (κ1) is 30.1. The topological polar surface area (TPSA) is 162 Å². The van der Waals surface area contributed by atoms with Crippen molar-refractivity contribution in [1.82, 2.24) is 39.0 Å². The van der Waals surface area contributed by atoms with Crippen molar-refractivity contribution in [2.24, 2.45) is 5.73 Å². The van der Waals surface area contributed by atoms with Gasteiger partial charge in [0.05, 0.1) is 40.8 Å². The molecule has 0 saturated carbocycles. The SMILES string of the molecule is CC(N)c1nc2ccsc2c(=O)n1-c1ccccc1.CC(Nc1ncnc2nc[nH]c12)c1nc2ccsc2c(=O)n1-c1ccccc1. The lowest BCUT2D eigenvalue weighted by Crippen LogP contribution is -2.26. The summed E-state index contributed by atoms with van der Waals surface area (Å²) in [5.74, 6) is 1.80. The number of H-pyrrole nitrogens is 1. The molecule has 0 aliphatic rings. The number of nitrogens with zero attached hydrogens (tertiary/aromatic N) is 7. The molecule has 234 valence electrons. The van der Waals surface area contributed by atoms with Gasteiger partial charge in [0.2, 0.25) is 0 Å². The van der Waals surface area contributed by atoms with Crippen molar-refractivity contribution >= 4 is 60.1 Å². The third kappa shape index (κ3) is 5.69. The second-order valence-electron chi connectivity index (χ2n) is 10.6. The van der Waals surface area contributed by atoms with Crippen molar-refractivity contribution in [3.8, 4) is 11.4 Å². The summed E-state index contributed by atoms with van der Waals surface area (Å²) in [6, 6.07) is 22.1. The van der Waals surface area contributed by atoms with E-state index in [2.05, 4.69) is 30.2 Å². The Morgan fingerprint density at radius 3 is 1.87 bits per heavy atom. The molecule has 0 radical (unpaired) electrons. The van der Waals surface area contributed by atoms with Crippen molar-refractivity contribution < 1.29 is 0 Å². The van der Waals surface area contributed by atoms with Crippen molar-refractivity contribution in [1.29, 1.82) is 0 Å². The smallest absolute Gasteiger partial charge is 0.276 e. The molecule has 0 fully saturated rings. The van der Waals surface area contributed by atoms with Gasteiger partial charge in [-0.1, -0.05) is 36.4 Å². The summed E-state index contributed by atoms with van der Waals surface area (Å²) < 4.78 is 4.55. The monoisotopic (exact) mass is 660 g/mol. The highest BCUT2D eigenvalue weighted by Gasteiger charge is 2.20. The summed E-state index contributed by atoms with van der Waals surface area (Å²) in [4.78, 5) is 50.7. The first-order valence-corrected chi connectivity index (χ1v) is 16.4. The molecule has 0 spiro atoms. The predicted molar refractivity (Wildman–Crippen MR) is 187 cm³/mol. The number of fused-ring (bicyclic) bond motifs is 3. The molecule has 0 saturated heterocycles. The molecule has 6 aromatic heterocycles. The number of nitrogens with one attached hydrogen (secondary N) is 2. The highest BCUT2D eigenvalue weighted by molar-refractivity contribution is 7.17. The van der Waals surface area contributed by atoms with Crippen LogP contribution in [0.5, 0.6) is 0 Å². The van der Waals surface area contributed by atoms with Crippen LogP contribution in [-0.2, 0) is 0 Å². The summed E-state index contributed by atoms with van der Waals surface area (Å²) >= 11 is 2.81. The fraction of sp³-hybridized carbons (Fsp3) is 0.121. The van der Waals surface area contributed by atoms with Gasteiger partial charge in [0.15, 0.2) is 11.5 Å². The lowest BCUT2D eigenvalue weighted by molar-refractivity contribution is 0.697. The van der Waals surface area contributed by atoms with Crippen LogP contribution in [0.15, 0.2) is 106 Å². The molecule has 0 amide bonds. The number of anilines is 1. The average molecular weight is 661 g/mol. The molecule has 2 atom stereocenters. The highest BCUT2D eigenvalue weighted by atomic mass is 32.1. The molecule has 14 heteroatoms. The average Bonchev–Trinajstić information content (AvgIpc) is 3.87. The van der Waals surface area contributed by atoms with E-state index in [9.17, 15) is 9.59 Å². The molecule has 2 aromatic carbocycles. The van der Waals surface area contributed by atoms with Gasteiger partial charge in [-0.2, -0.15) is 0 Å². The second-order valence-corrected chi connectivity index (χ2v) is 12.5. The van der Waals surface area contributed by atoms with Crippen LogP contribution in [0.3, 0.4) is 0 Å². The zero-order valence-electron chi connectivity index (χ0n) is 25.2. The van der Waals surface area contributed by atoms with Crippen molar-refractivity contribution in [2.75, 3.05) is 5.32 Å². The lowest BCUT2D eigenvalue weighted by Gasteiger charge is -2.19. The van der Waals surface area contributed by atoms with Gasteiger partial charge >= 0.3 is 0 Å². The lowest BCUT2D eigenvalue weighted by atomic mass is 10.2. The van der Waals surface area contributed by atoms with Gasteiger partial charge in [-0.3, -0.25) is 18.7 Å². The van der Waals surface area contributed by atoms with Crippen LogP contribution < -0.4 is 22.2 Å². The fourth-order valence-electron chi connectivity index (χ4n) is 5.25. The molecular formula is C33H28N10O2S2. The van der Waals surface area contributed by atoms with Gasteiger partial charge in [0, 0.05) is 0 Å². The van der Waals surface area contributed by atoms with E-state index in [-0.39, 0.29) is 23.2 Å². The molecule has 8 aromatic rings. The molecular weight excluding hydrogens is 633 g/mol. The van der Waals surface area contributed by atoms with Crippen LogP contribution in [0.2, 0.25) is 0 Å². The molecule has 4 N–H and O–H groups in total. The minimum atomic E-state index is -0.308. The molecule has 2 unspecified atom stereocenters. The van der Waals surface area contributed by atoms with Crippen LogP contribution in [0.25, 0.3) is 43.0 Å². The van der Waals surface area contributed by atoms with Crippen molar-refractivity contribution in [3.63, 3.8) is 0 Å². The largest absolute Gasteiger partial charge is 0.358 e. The molecule has 0 aliphatic carbocycles. The Balaban J connectivity index is 0.000000161. The van der Waals surface area contributed by atoms with E-state index in [1.54, 1.807) is 15.5 Å². The Kier molecular flexibility index (Phi) is 8.12. The van der Waals surface area contributed by atoms with E-state index in [0.29, 0.717) is 43.5 Å². The van der Waals surface area contributed by atoms with Gasteiger partial charge in [-0.15, -0.1) is 22.7 Å². The van der Waals surface area contributed by atoms with E-state index in [4.69, 9.17) is 10.7 Å². The van der Waals surface area contributed by atoms with E-state index in [1.165, 1.54) is 29.0 Å². The summed E-state index contributed by atoms with van der Waals surface area (Å²) in [5.41, 5.74) is 10.1. The maximum Gasteiger partial charge on any atom is 0.276 e. The first-order valence-electron chi connectivity index (χ1n) is 14.7. The summed E-state index contributed by atoms with van der Waals surface area (Å²) in [6.07, 6.45) is 3.03. The fourth-order valence-corrected chi connectivity index (χ4v) is 6.77. The first-order chi connectivity index (χ1) is 22.9. The van der Waals surface area contributed by atoms with Crippen LogP contribution in [-0.4, -0.2) is 39.0 Å². The third-order valence-electron chi connectivity index (χ3n) is 7.41. The number of aromatic amines is 1. The predicted octanol–water partition coefficient (Wildman–Crippen LogP) is 5.75. The number of imidazole rings is 1. The number of aromatic nitrogens is 8. The van der Waals surface area contributed by atoms with Crippen LogP contribution in [0, 0.1) is 0 Å². The van der Waals surface area contributed by atoms with Crippen LogP contribution >= 0.6 is 22.7 Å². The summed E-state index contributed by atoms with van der Waals surface area (Å²) in [7, 11) is 0. The molecule has 6 heterocycles. The van der Waals surface area contributed by atoms with Gasteiger partial charge in [-0.25, -0.2) is 24.9 Å². The quantitative estimate of drug-likeness (QED) is 0.201. The third-order valence-corrected chi connectivity index (χ3v) is 9.19. The Hall–Kier alpha value is -5.57. The number of thiophene rings is 2. The molecule has 0 aliphatic heterocycles. The number of rotatable bonds is 6. The normalized spacial score (nSPS) is 12.6. The van der Waals surface area contributed by atoms with Gasteiger partial charge < -0.3 is 16.0 Å². The number of para-hydroxylation sites is 2. The van der Waals surface area contributed by atoms with Gasteiger partial charge in [-0.05, 0) is 61.0 Å². The van der Waals surface area contributed by atoms with Crippen LogP contribution in [0.4, 0.5) is 5.82 Å². The Morgan fingerprint density at radius 2 is 1.30 bits per heavy atom. The number of nitrogens with two attached hydrogens (primary N) is 1. The van der Waals surface area contributed by atoms with Crippen molar-refractivity contribution in [3.05, 3.63) is 129 Å². The Morgan fingerprint density at radius 1 is 0.745 bits per heavy atom. The molecule has 47 heavy (non-hydrogen) atoms. The Labute approximate surface area is 275 Å². The minimum absolute atomic E-state index is 0.0569. The molecule has 12 nitrogen and oxygen atoms in total. The van der Waals surface area contributed by atoms with Crippen LogP contribution in [0.1, 0.15) is 37.6 Å². The van der Waals surface area contributed by atoms with Gasteiger partial charge in [0.25, 0.3) is 11.1 Å². The Bertz CT molecular complexity index is 2450. The maximum absolute atomic E-state index is 13.2. The molecule has 8 rings (SSSR count). The maximum atomic E-state index is 13.2. The summed E-state index contributed by atoms with van der Waals surface area (Å²) in [6.45, 7) is 3.78. The standard InChI is InChI=1S/C19H15N7OS.C14H13N3OS/c1-11(24-17-14-16(21-9-20-14)22-10-23-17)18-25-13-7-8-28-15(13)19(27)26(18)12-5-3-2-4-6-12;1-9(15)13-16-11-7-8-19-12(11)14(18)17(13)10-5-3-2-4-6-10/h2-11H,1H3,(H2,20,21,22,23,24);2-9H,15H2,1H3. The number of benzene rings is 2. The van der Waals surface area contributed by atoms with Crippen molar-refractivity contribution in [2.45, 2.75) is 25.9 Å². The second kappa shape index (κ2) is 12.7. The summed E-state index contributed by atoms with van der Waals surface area (Å²) in [5, 5.41) is 7.10. The zero-order chi connectivity index (χ0) is 32.5. The number of hydrogen-bond donors (Lipinski definition) is 3. The van der Waals surface area contributed by atoms with E-state index >= 15 is 0 Å². The number of hydrogen-bond acceptors (Lipinski definition) is 11. The molecule has 0 bridgehead atoms. The zero-order valence-corrected chi connectivity index (χ0v) is 26.9. The highest BCUT2D eigenvalue weighted by Crippen LogP contribution is 2.25. The van der Waals surface area contributed by atoms with E-state index < -0.39 is 0 Å². The van der Waals surface area contributed by atoms with E-state index in [1.807, 2.05) is 97.4 Å². The van der Waals surface area contributed by atoms with E-state index in [0.717, 1.165) is 16.9 Å². The minimum Gasteiger partial charge on any atom is -0.358 e.